The molecule has 1 amide bonds. The Hall–Kier alpha value is -1.64. The van der Waals surface area contributed by atoms with Crippen LogP contribution in [-0.4, -0.2) is 38.7 Å². The highest BCUT2D eigenvalue weighted by Crippen LogP contribution is 2.35. The van der Waals surface area contributed by atoms with Crippen molar-refractivity contribution >= 4 is 50.6 Å². The van der Waals surface area contributed by atoms with Crippen molar-refractivity contribution in [3.05, 3.63) is 33.2 Å². The van der Waals surface area contributed by atoms with Gasteiger partial charge in [0.1, 0.15) is 4.83 Å². The van der Waals surface area contributed by atoms with Gasteiger partial charge in [0.05, 0.1) is 10.6 Å². The summed E-state index contributed by atoms with van der Waals surface area (Å²) in [6.07, 6.45) is 1.17. The number of thioether (sulfide) groups is 1. The Morgan fingerprint density at radius 1 is 1.30 bits per heavy atom. The minimum Gasteiger partial charge on any atom is -0.341 e. The molecule has 3 aromatic rings. The van der Waals surface area contributed by atoms with Gasteiger partial charge in [-0.1, -0.05) is 31.7 Å². The van der Waals surface area contributed by atoms with E-state index in [-0.39, 0.29) is 16.7 Å². The maximum atomic E-state index is 13.3. The van der Waals surface area contributed by atoms with Crippen molar-refractivity contribution in [3.63, 3.8) is 0 Å². The van der Waals surface area contributed by atoms with Crippen LogP contribution in [0.1, 0.15) is 34.1 Å². The van der Waals surface area contributed by atoms with Crippen LogP contribution < -0.4 is 5.56 Å². The lowest BCUT2D eigenvalue weighted by atomic mass is 9.92. The van der Waals surface area contributed by atoms with Gasteiger partial charge in [0.2, 0.25) is 5.91 Å². The molecule has 1 aliphatic heterocycles. The molecule has 0 bridgehead atoms. The molecule has 3 aromatic heterocycles. The van der Waals surface area contributed by atoms with Crippen LogP contribution in [0.5, 0.6) is 0 Å². The number of likely N-dealkylation sites (tertiary alicyclic amines) is 1. The molecule has 1 saturated heterocycles. The van der Waals surface area contributed by atoms with E-state index in [0.717, 1.165) is 28.4 Å². The molecule has 5 nitrogen and oxygen atoms in total. The number of carbonyl (C=O) groups excluding carboxylic acids is 1. The number of carbonyl (C=O) groups is 1. The molecule has 4 heterocycles. The van der Waals surface area contributed by atoms with Crippen LogP contribution in [0.15, 0.2) is 32.8 Å². The Morgan fingerprint density at radius 3 is 2.67 bits per heavy atom. The third-order valence-electron chi connectivity index (χ3n) is 5.57. The number of hydrogen-bond donors (Lipinski definition) is 0. The summed E-state index contributed by atoms with van der Waals surface area (Å²) in [5, 5.41) is 5.08. The summed E-state index contributed by atoms with van der Waals surface area (Å²) in [5.41, 5.74) is 0.941. The van der Waals surface area contributed by atoms with E-state index in [0.29, 0.717) is 28.9 Å². The zero-order valence-electron chi connectivity index (χ0n) is 17.8. The molecular formula is C22H27N3O2S3. The quantitative estimate of drug-likeness (QED) is 0.387. The molecule has 0 aromatic carbocycles. The van der Waals surface area contributed by atoms with Crippen molar-refractivity contribution in [2.24, 2.45) is 11.8 Å². The maximum Gasteiger partial charge on any atom is 0.263 e. The number of hydrogen-bond acceptors (Lipinski definition) is 6. The van der Waals surface area contributed by atoms with Gasteiger partial charge in [-0.3, -0.25) is 14.2 Å². The van der Waals surface area contributed by atoms with Crippen LogP contribution in [0.25, 0.3) is 20.7 Å². The van der Waals surface area contributed by atoms with E-state index in [1.807, 2.05) is 41.6 Å². The molecule has 0 N–H and O–H groups in total. The molecule has 4 rings (SSSR count). The third kappa shape index (κ3) is 4.09. The Morgan fingerprint density at radius 2 is 2.03 bits per heavy atom. The number of fused-ring (bicyclic) bond motifs is 1. The van der Waals surface area contributed by atoms with Crippen LogP contribution in [-0.2, 0) is 11.3 Å². The lowest BCUT2D eigenvalue weighted by molar-refractivity contribution is -0.132. The highest BCUT2D eigenvalue weighted by Gasteiger charge is 2.29. The first-order valence-corrected chi connectivity index (χ1v) is 13.0. The van der Waals surface area contributed by atoms with Crippen molar-refractivity contribution in [2.45, 2.75) is 51.1 Å². The number of aromatic nitrogens is 2. The minimum absolute atomic E-state index is 0.0190. The van der Waals surface area contributed by atoms with Gasteiger partial charge in [0.15, 0.2) is 5.16 Å². The molecule has 0 aliphatic carbocycles. The summed E-state index contributed by atoms with van der Waals surface area (Å²) < 4.78 is 1.71. The van der Waals surface area contributed by atoms with Gasteiger partial charge in [0.25, 0.3) is 5.56 Å². The molecule has 8 heteroatoms. The van der Waals surface area contributed by atoms with Gasteiger partial charge in [-0.15, -0.1) is 22.7 Å². The number of piperidine rings is 1. The molecule has 30 heavy (non-hydrogen) atoms. The highest BCUT2D eigenvalue weighted by atomic mass is 32.2. The Balaban J connectivity index is 1.64. The van der Waals surface area contributed by atoms with Crippen molar-refractivity contribution in [3.8, 4) is 10.4 Å². The third-order valence-corrected chi connectivity index (χ3v) is 8.43. The van der Waals surface area contributed by atoms with Gasteiger partial charge in [0, 0.05) is 35.5 Å². The Labute approximate surface area is 189 Å². The predicted octanol–water partition coefficient (Wildman–Crippen LogP) is 5.19. The van der Waals surface area contributed by atoms with Crippen LogP contribution in [0.2, 0.25) is 0 Å². The molecule has 0 radical (unpaired) electrons. The Bertz CT molecular complexity index is 1090. The van der Waals surface area contributed by atoms with Crippen LogP contribution in [0.3, 0.4) is 0 Å². The first-order chi connectivity index (χ1) is 14.4. The predicted molar refractivity (Wildman–Crippen MR) is 128 cm³/mol. The van der Waals surface area contributed by atoms with Gasteiger partial charge < -0.3 is 4.90 Å². The monoisotopic (exact) mass is 461 g/mol. The summed E-state index contributed by atoms with van der Waals surface area (Å²) in [6.45, 7) is 10.5. The average molecular weight is 462 g/mol. The van der Waals surface area contributed by atoms with E-state index in [4.69, 9.17) is 4.98 Å². The van der Waals surface area contributed by atoms with E-state index in [2.05, 4.69) is 13.8 Å². The summed E-state index contributed by atoms with van der Waals surface area (Å²) >= 11 is 4.53. The van der Waals surface area contributed by atoms with Crippen LogP contribution in [0.4, 0.5) is 0 Å². The first kappa shape index (κ1) is 21.6. The smallest absolute Gasteiger partial charge is 0.263 e. The second-order valence-corrected chi connectivity index (χ2v) is 11.3. The second kappa shape index (κ2) is 8.85. The van der Waals surface area contributed by atoms with Crippen LogP contribution in [0, 0.1) is 11.8 Å². The zero-order chi connectivity index (χ0) is 21.4. The Kier molecular flexibility index (Phi) is 6.36. The maximum absolute atomic E-state index is 13.3. The molecular weight excluding hydrogens is 434 g/mol. The fourth-order valence-electron chi connectivity index (χ4n) is 4.30. The molecule has 160 valence electrons. The summed E-state index contributed by atoms with van der Waals surface area (Å²) in [5.74, 6) is 1.20. The first-order valence-electron chi connectivity index (χ1n) is 10.4. The SMILES string of the molecule is CCn1c(S[C@H](C)C(=O)N2C[C@@H](C)C[C@H](C)C2)nc2scc(-c3cccs3)c2c1=O. The second-order valence-electron chi connectivity index (χ2n) is 8.20. The lowest BCUT2D eigenvalue weighted by Crippen LogP contribution is -2.45. The van der Waals surface area contributed by atoms with E-state index < -0.39 is 0 Å². The standard InChI is InChI=1S/C22H27N3O2S3/c1-5-25-21(27)18-16(17-7-6-8-28-17)12-29-19(18)23-22(25)30-15(4)20(26)24-10-13(2)9-14(3)11-24/h6-8,12-15H,5,9-11H2,1-4H3/t13-,14-,15+/m0/s1. The normalized spacial score (nSPS) is 20.6. The summed E-state index contributed by atoms with van der Waals surface area (Å²) in [7, 11) is 0. The van der Waals surface area contributed by atoms with Gasteiger partial charge in [-0.2, -0.15) is 0 Å². The largest absolute Gasteiger partial charge is 0.341 e. The molecule has 1 fully saturated rings. The average Bonchev–Trinajstić information content (AvgIpc) is 3.36. The van der Waals surface area contributed by atoms with Crippen molar-refractivity contribution in [1.82, 2.24) is 14.5 Å². The zero-order valence-corrected chi connectivity index (χ0v) is 20.2. The number of thiophene rings is 2. The molecule has 0 spiro atoms. The topological polar surface area (TPSA) is 55.2 Å². The van der Waals surface area contributed by atoms with Crippen molar-refractivity contribution in [1.29, 1.82) is 0 Å². The minimum atomic E-state index is -0.277. The van der Waals surface area contributed by atoms with E-state index >= 15 is 0 Å². The molecule has 3 atom stereocenters. The fourth-order valence-corrected chi connectivity index (χ4v) is 7.16. The van der Waals surface area contributed by atoms with Gasteiger partial charge >= 0.3 is 0 Å². The highest BCUT2D eigenvalue weighted by molar-refractivity contribution is 8.00. The fraction of sp³-hybridized carbons (Fsp3) is 0.500. The van der Waals surface area contributed by atoms with Gasteiger partial charge in [-0.25, -0.2) is 4.98 Å². The molecule has 0 unspecified atom stereocenters. The summed E-state index contributed by atoms with van der Waals surface area (Å²) in [4.78, 5) is 35.0. The number of amides is 1. The van der Waals surface area contributed by atoms with Gasteiger partial charge in [-0.05, 0) is 43.6 Å². The molecule has 0 saturated carbocycles. The molecule has 1 aliphatic rings. The summed E-state index contributed by atoms with van der Waals surface area (Å²) in [6, 6.07) is 4.03. The van der Waals surface area contributed by atoms with E-state index in [1.54, 1.807) is 15.9 Å². The van der Waals surface area contributed by atoms with Crippen LogP contribution >= 0.6 is 34.4 Å². The number of rotatable bonds is 5. The van der Waals surface area contributed by atoms with Crippen molar-refractivity contribution < 1.29 is 4.79 Å². The number of nitrogens with zero attached hydrogens (tertiary/aromatic N) is 3. The van der Waals surface area contributed by atoms with E-state index in [9.17, 15) is 9.59 Å². The van der Waals surface area contributed by atoms with Crippen molar-refractivity contribution in [2.75, 3.05) is 13.1 Å². The van der Waals surface area contributed by atoms with E-state index in [1.165, 1.54) is 29.5 Å². The lowest BCUT2D eigenvalue weighted by Gasteiger charge is -2.36.